The van der Waals surface area contributed by atoms with E-state index < -0.39 is 5.41 Å². The van der Waals surface area contributed by atoms with Crippen LogP contribution in [0.3, 0.4) is 0 Å². The summed E-state index contributed by atoms with van der Waals surface area (Å²) < 4.78 is 5.45. The van der Waals surface area contributed by atoms with Gasteiger partial charge < -0.3 is 20.1 Å². The maximum atomic E-state index is 12.6. The van der Waals surface area contributed by atoms with Crippen molar-refractivity contribution in [2.45, 2.75) is 57.5 Å². The number of aliphatic hydroxyl groups is 3. The van der Waals surface area contributed by atoms with Crippen molar-refractivity contribution in [3.05, 3.63) is 0 Å². The molecule has 0 spiro atoms. The standard InChI is InChI=1S/C18H33N3O5/c1-13-7-19(13)18(20-8-14(20)2,21-9-15(21)3)6-16(25)26-5-4-17(10-22,11-23)12-24/h13-15,22-24H,4-12H2,1-3H3. The van der Waals surface area contributed by atoms with Crippen molar-refractivity contribution in [2.24, 2.45) is 5.41 Å². The van der Waals surface area contributed by atoms with E-state index in [9.17, 15) is 20.1 Å². The molecule has 0 aromatic heterocycles. The van der Waals surface area contributed by atoms with E-state index >= 15 is 0 Å². The molecule has 0 aliphatic carbocycles. The summed E-state index contributed by atoms with van der Waals surface area (Å²) in [4.78, 5) is 19.8. The minimum absolute atomic E-state index is 0.0806. The summed E-state index contributed by atoms with van der Waals surface area (Å²) in [6.45, 7) is 8.56. The summed E-state index contributed by atoms with van der Waals surface area (Å²) >= 11 is 0. The molecule has 3 rings (SSSR count). The Morgan fingerprint density at radius 2 is 1.31 bits per heavy atom. The summed E-state index contributed by atoms with van der Waals surface area (Å²) in [5.41, 5.74) is -1.01. The van der Waals surface area contributed by atoms with E-state index in [2.05, 4.69) is 35.5 Å². The number of ether oxygens (including phenoxy) is 1. The van der Waals surface area contributed by atoms with Gasteiger partial charge in [-0.2, -0.15) is 0 Å². The fraction of sp³-hybridized carbons (Fsp3) is 0.944. The number of rotatable bonds is 11. The maximum Gasteiger partial charge on any atom is 0.310 e. The third kappa shape index (κ3) is 3.63. The Morgan fingerprint density at radius 3 is 1.62 bits per heavy atom. The van der Waals surface area contributed by atoms with Crippen LogP contribution in [-0.2, 0) is 9.53 Å². The molecule has 3 heterocycles. The monoisotopic (exact) mass is 371 g/mol. The lowest BCUT2D eigenvalue weighted by molar-refractivity contribution is -0.154. The lowest BCUT2D eigenvalue weighted by Crippen LogP contribution is -2.56. The van der Waals surface area contributed by atoms with E-state index in [4.69, 9.17) is 4.74 Å². The van der Waals surface area contributed by atoms with Crippen molar-refractivity contribution in [2.75, 3.05) is 46.1 Å². The molecule has 0 aromatic carbocycles. The fourth-order valence-corrected chi connectivity index (χ4v) is 4.02. The average molecular weight is 371 g/mol. The van der Waals surface area contributed by atoms with Crippen molar-refractivity contribution >= 4 is 5.97 Å². The van der Waals surface area contributed by atoms with Crippen LogP contribution >= 0.6 is 0 Å². The van der Waals surface area contributed by atoms with Gasteiger partial charge in [0.05, 0.1) is 32.8 Å². The lowest BCUT2D eigenvalue weighted by Gasteiger charge is -2.39. The van der Waals surface area contributed by atoms with Crippen LogP contribution in [0.25, 0.3) is 0 Å². The van der Waals surface area contributed by atoms with Gasteiger partial charge in [0.25, 0.3) is 0 Å². The molecule has 6 atom stereocenters. The van der Waals surface area contributed by atoms with Crippen molar-refractivity contribution in [3.8, 4) is 0 Å². The number of aliphatic hydroxyl groups excluding tert-OH is 3. The molecular weight excluding hydrogens is 338 g/mol. The maximum absolute atomic E-state index is 12.6. The predicted molar refractivity (Wildman–Crippen MR) is 95.1 cm³/mol. The summed E-state index contributed by atoms with van der Waals surface area (Å²) in [5.74, 6) is -0.651. The zero-order chi connectivity index (χ0) is 19.1. The molecule has 0 amide bonds. The van der Waals surface area contributed by atoms with Crippen LogP contribution in [0.1, 0.15) is 33.6 Å². The zero-order valence-electron chi connectivity index (χ0n) is 16.1. The third-order valence-electron chi connectivity index (χ3n) is 6.24. The molecule has 0 radical (unpaired) electrons. The van der Waals surface area contributed by atoms with E-state index in [1.807, 2.05) is 0 Å². The molecule has 26 heavy (non-hydrogen) atoms. The van der Waals surface area contributed by atoms with E-state index in [1.54, 1.807) is 0 Å². The smallest absolute Gasteiger partial charge is 0.310 e. The molecule has 8 nitrogen and oxygen atoms in total. The first-order valence-electron chi connectivity index (χ1n) is 9.62. The molecule has 3 fully saturated rings. The van der Waals surface area contributed by atoms with Crippen LogP contribution in [-0.4, -0.2) is 106 Å². The minimum Gasteiger partial charge on any atom is -0.466 e. The van der Waals surface area contributed by atoms with Crippen LogP contribution in [0.4, 0.5) is 0 Å². The largest absolute Gasteiger partial charge is 0.466 e. The van der Waals surface area contributed by atoms with Crippen LogP contribution in [0.15, 0.2) is 0 Å². The summed E-state index contributed by atoms with van der Waals surface area (Å²) in [7, 11) is 0. The van der Waals surface area contributed by atoms with Gasteiger partial charge >= 0.3 is 5.97 Å². The van der Waals surface area contributed by atoms with E-state index in [1.165, 1.54) is 0 Å². The quantitative estimate of drug-likeness (QED) is 0.316. The average Bonchev–Trinajstić information content (AvgIpc) is 3.53. The van der Waals surface area contributed by atoms with Crippen LogP contribution in [0.2, 0.25) is 0 Å². The number of carbonyl (C=O) groups is 1. The Bertz CT molecular complexity index is 478. The van der Waals surface area contributed by atoms with Gasteiger partial charge in [-0.25, -0.2) is 0 Å². The molecule has 0 aromatic rings. The first-order chi connectivity index (χ1) is 12.3. The van der Waals surface area contributed by atoms with Gasteiger partial charge in [-0.3, -0.25) is 19.5 Å². The highest BCUT2D eigenvalue weighted by molar-refractivity contribution is 5.71. The summed E-state index contributed by atoms with van der Waals surface area (Å²) in [6, 6.07) is 1.40. The van der Waals surface area contributed by atoms with Gasteiger partial charge in [0.1, 0.15) is 5.79 Å². The Kier molecular flexibility index (Phi) is 5.63. The summed E-state index contributed by atoms with van der Waals surface area (Å²) in [5, 5.41) is 28.1. The first kappa shape index (κ1) is 20.0. The highest BCUT2D eigenvalue weighted by atomic mass is 16.5. The van der Waals surface area contributed by atoms with E-state index in [-0.39, 0.29) is 51.0 Å². The molecule has 8 heteroatoms. The van der Waals surface area contributed by atoms with Crippen LogP contribution < -0.4 is 0 Å². The second-order valence-corrected chi connectivity index (χ2v) is 8.40. The highest BCUT2D eigenvalue weighted by Gasteiger charge is 2.65. The second-order valence-electron chi connectivity index (χ2n) is 8.40. The van der Waals surface area contributed by atoms with Crippen molar-refractivity contribution in [3.63, 3.8) is 0 Å². The molecule has 3 saturated heterocycles. The molecule has 3 aliphatic rings. The number of esters is 1. The van der Waals surface area contributed by atoms with Crippen molar-refractivity contribution < 1.29 is 24.9 Å². The molecule has 0 bridgehead atoms. The normalized spacial score (nSPS) is 37.8. The number of hydrogen-bond acceptors (Lipinski definition) is 8. The number of carbonyl (C=O) groups excluding carboxylic acids is 1. The van der Waals surface area contributed by atoms with E-state index in [0.29, 0.717) is 18.1 Å². The summed E-state index contributed by atoms with van der Waals surface area (Å²) in [6.07, 6.45) is 0.520. The van der Waals surface area contributed by atoms with Gasteiger partial charge in [0, 0.05) is 43.2 Å². The molecular formula is C18H33N3O5. The van der Waals surface area contributed by atoms with Crippen LogP contribution in [0, 0.1) is 5.41 Å². The van der Waals surface area contributed by atoms with Gasteiger partial charge in [-0.15, -0.1) is 0 Å². The Morgan fingerprint density at radius 1 is 0.923 bits per heavy atom. The Balaban J connectivity index is 1.62. The number of nitrogens with zero attached hydrogens (tertiary/aromatic N) is 3. The van der Waals surface area contributed by atoms with Gasteiger partial charge in [-0.1, -0.05) is 0 Å². The van der Waals surface area contributed by atoms with Crippen molar-refractivity contribution in [1.29, 1.82) is 0 Å². The molecule has 3 N–H and O–H groups in total. The second kappa shape index (κ2) is 7.33. The number of hydrogen-bond donors (Lipinski definition) is 3. The highest BCUT2D eigenvalue weighted by Crippen LogP contribution is 2.48. The fourth-order valence-electron chi connectivity index (χ4n) is 4.02. The molecule has 150 valence electrons. The lowest BCUT2D eigenvalue weighted by atomic mass is 9.88. The molecule has 6 unspecified atom stereocenters. The Hall–Kier alpha value is -0.770. The molecule has 3 aliphatic heterocycles. The van der Waals surface area contributed by atoms with Crippen molar-refractivity contribution in [1.82, 2.24) is 14.7 Å². The van der Waals surface area contributed by atoms with Gasteiger partial charge in [-0.05, 0) is 27.2 Å². The Labute approximate surface area is 155 Å². The van der Waals surface area contributed by atoms with E-state index in [0.717, 1.165) is 19.6 Å². The van der Waals surface area contributed by atoms with Crippen LogP contribution in [0.5, 0.6) is 0 Å². The minimum atomic E-state index is -1.01. The molecule has 0 saturated carbocycles. The topological polar surface area (TPSA) is 96.0 Å². The third-order valence-corrected chi connectivity index (χ3v) is 6.24. The zero-order valence-corrected chi connectivity index (χ0v) is 16.1. The van der Waals surface area contributed by atoms with Gasteiger partial charge in [0.2, 0.25) is 0 Å². The predicted octanol–water partition coefficient (Wildman–Crippen LogP) is -0.961. The van der Waals surface area contributed by atoms with Gasteiger partial charge in [0.15, 0.2) is 0 Å². The first-order valence-corrected chi connectivity index (χ1v) is 9.62. The SMILES string of the molecule is CC1CN1C(CC(=O)OCCC(CO)(CO)CO)(N1CC1C)N1CC1C.